The Morgan fingerprint density at radius 1 is 1.12 bits per heavy atom. The van der Waals surface area contributed by atoms with Gasteiger partial charge in [-0.15, -0.1) is 0 Å². The largest absolute Gasteiger partial charge is 0.497 e. The highest BCUT2D eigenvalue weighted by atomic mass is 35.5. The molecule has 0 bridgehead atoms. The lowest BCUT2D eigenvalue weighted by atomic mass is 10.2. The van der Waals surface area contributed by atoms with Gasteiger partial charge in [-0.05, 0) is 36.8 Å². The molecule has 0 spiro atoms. The molecule has 1 amide bonds. The fourth-order valence-corrected chi connectivity index (χ4v) is 2.45. The van der Waals surface area contributed by atoms with Gasteiger partial charge in [-0.1, -0.05) is 24.6 Å². The highest BCUT2D eigenvalue weighted by Gasteiger charge is 2.20. The normalized spacial score (nSPS) is 11.4. The molecule has 7 heteroatoms. The van der Waals surface area contributed by atoms with Gasteiger partial charge in [-0.3, -0.25) is 4.79 Å². The molecule has 0 saturated heterocycles. The molecule has 0 aliphatic carbocycles. The molecule has 2 rings (SSSR count). The van der Waals surface area contributed by atoms with Crippen LogP contribution in [-0.4, -0.2) is 32.2 Å². The summed E-state index contributed by atoms with van der Waals surface area (Å²) in [5.41, 5.74) is 0.598. The fraction of sp³-hybridized carbons (Fsp3) is 0.263. The molecule has 0 radical (unpaired) electrons. The summed E-state index contributed by atoms with van der Waals surface area (Å²) in [4.78, 5) is 24.2. The lowest BCUT2D eigenvalue weighted by molar-refractivity contribution is -0.122. The van der Waals surface area contributed by atoms with E-state index >= 15 is 0 Å². The quantitative estimate of drug-likeness (QED) is 0.740. The summed E-state index contributed by atoms with van der Waals surface area (Å²) in [7, 11) is 2.82. The van der Waals surface area contributed by atoms with Crippen molar-refractivity contribution in [2.75, 3.05) is 19.5 Å². The summed E-state index contributed by atoms with van der Waals surface area (Å²) in [6.45, 7) is 1.84. The van der Waals surface area contributed by atoms with Crippen molar-refractivity contribution >= 4 is 29.2 Å². The van der Waals surface area contributed by atoms with Crippen LogP contribution in [0.25, 0.3) is 0 Å². The number of esters is 1. The van der Waals surface area contributed by atoms with Crippen LogP contribution in [0.2, 0.25) is 5.02 Å². The molecule has 1 N–H and O–H groups in total. The van der Waals surface area contributed by atoms with Crippen LogP contribution in [-0.2, 0) is 9.53 Å². The van der Waals surface area contributed by atoms with Crippen LogP contribution in [0.1, 0.15) is 23.7 Å². The molecule has 0 aliphatic heterocycles. The van der Waals surface area contributed by atoms with Crippen molar-refractivity contribution in [2.45, 2.75) is 19.4 Å². The van der Waals surface area contributed by atoms with E-state index in [0.29, 0.717) is 23.6 Å². The number of amides is 1. The minimum absolute atomic E-state index is 0.175. The number of hydrogen-bond donors (Lipinski definition) is 1. The Morgan fingerprint density at radius 3 is 2.50 bits per heavy atom. The Bertz CT molecular complexity index is 793. The van der Waals surface area contributed by atoms with Gasteiger partial charge in [0.05, 0.1) is 24.8 Å². The molecule has 6 nitrogen and oxygen atoms in total. The maximum atomic E-state index is 12.5. The zero-order chi connectivity index (χ0) is 19.1. The second kappa shape index (κ2) is 9.10. The Morgan fingerprint density at radius 2 is 1.85 bits per heavy atom. The first kappa shape index (κ1) is 19.6. The molecule has 2 aromatic carbocycles. The number of nitrogens with one attached hydrogen (secondary N) is 1. The van der Waals surface area contributed by atoms with Crippen LogP contribution >= 0.6 is 11.6 Å². The van der Waals surface area contributed by atoms with Gasteiger partial charge in [0.25, 0.3) is 5.91 Å². The molecule has 0 heterocycles. The molecule has 1 atom stereocenters. The number of rotatable bonds is 7. The molecule has 0 saturated carbocycles. The summed E-state index contributed by atoms with van der Waals surface area (Å²) in [6.07, 6.45) is -0.250. The highest BCUT2D eigenvalue weighted by molar-refractivity contribution is 6.33. The number of benzene rings is 2. The van der Waals surface area contributed by atoms with E-state index in [-0.39, 0.29) is 16.5 Å². The van der Waals surface area contributed by atoms with E-state index in [1.807, 2.05) is 6.92 Å². The summed E-state index contributed by atoms with van der Waals surface area (Å²) < 4.78 is 15.6. The van der Waals surface area contributed by atoms with Crippen LogP contribution in [0.3, 0.4) is 0 Å². The highest BCUT2D eigenvalue weighted by Crippen LogP contribution is 2.23. The average Bonchev–Trinajstić information content (AvgIpc) is 2.66. The molecule has 0 unspecified atom stereocenters. The van der Waals surface area contributed by atoms with Crippen molar-refractivity contribution in [3.05, 3.63) is 53.1 Å². The molecule has 2 aromatic rings. The monoisotopic (exact) mass is 377 g/mol. The van der Waals surface area contributed by atoms with Crippen LogP contribution in [0.4, 0.5) is 5.69 Å². The Kier molecular flexibility index (Phi) is 6.86. The van der Waals surface area contributed by atoms with Gasteiger partial charge in [0.15, 0.2) is 6.10 Å². The third kappa shape index (κ3) is 4.89. The smallest absolute Gasteiger partial charge is 0.339 e. The first-order valence-electron chi connectivity index (χ1n) is 7.98. The van der Waals surface area contributed by atoms with Gasteiger partial charge >= 0.3 is 5.97 Å². The molecular formula is C19H20ClNO5. The number of methoxy groups -OCH3 is 2. The van der Waals surface area contributed by atoms with Gasteiger partial charge in [-0.25, -0.2) is 4.79 Å². The predicted molar refractivity (Wildman–Crippen MR) is 99.1 cm³/mol. The number of carbonyl (C=O) groups excluding carboxylic acids is 2. The Balaban J connectivity index is 2.12. The first-order chi connectivity index (χ1) is 12.5. The van der Waals surface area contributed by atoms with Crippen molar-refractivity contribution in [1.29, 1.82) is 0 Å². The number of halogens is 1. The number of ether oxygens (including phenoxy) is 3. The number of anilines is 1. The second-order valence-corrected chi connectivity index (χ2v) is 5.78. The topological polar surface area (TPSA) is 73.9 Å². The molecular weight excluding hydrogens is 358 g/mol. The molecule has 0 aliphatic rings. The van der Waals surface area contributed by atoms with Crippen molar-refractivity contribution in [3.63, 3.8) is 0 Å². The SMILES string of the molecule is CC[C@H](Oc1cccc(OC)c1)C(=O)Nc1ccc(Cl)c(C(=O)OC)c1. The minimum Gasteiger partial charge on any atom is -0.497 e. The van der Waals surface area contributed by atoms with Crippen molar-refractivity contribution in [3.8, 4) is 11.5 Å². The third-order valence-electron chi connectivity index (χ3n) is 3.62. The molecule has 138 valence electrons. The van der Waals surface area contributed by atoms with Crippen LogP contribution in [0.5, 0.6) is 11.5 Å². The van der Waals surface area contributed by atoms with E-state index in [0.717, 1.165) is 0 Å². The fourth-order valence-electron chi connectivity index (χ4n) is 2.25. The minimum atomic E-state index is -0.709. The van der Waals surface area contributed by atoms with E-state index in [4.69, 9.17) is 21.1 Å². The van der Waals surface area contributed by atoms with Gasteiger partial charge in [0.1, 0.15) is 11.5 Å². The Labute approximate surface area is 157 Å². The van der Waals surface area contributed by atoms with Crippen molar-refractivity contribution in [2.24, 2.45) is 0 Å². The summed E-state index contributed by atoms with van der Waals surface area (Å²) >= 11 is 5.98. The van der Waals surface area contributed by atoms with Gasteiger partial charge < -0.3 is 19.5 Å². The number of hydrogen-bond acceptors (Lipinski definition) is 5. The van der Waals surface area contributed by atoms with E-state index in [2.05, 4.69) is 10.1 Å². The standard InChI is InChI=1S/C19H20ClNO5/c1-4-17(26-14-7-5-6-13(11-14)24-2)18(22)21-12-8-9-16(20)15(10-12)19(23)25-3/h5-11,17H,4H2,1-3H3,(H,21,22)/t17-/m0/s1. The van der Waals surface area contributed by atoms with E-state index in [1.165, 1.54) is 19.2 Å². The molecule has 26 heavy (non-hydrogen) atoms. The average molecular weight is 378 g/mol. The van der Waals surface area contributed by atoms with Crippen molar-refractivity contribution < 1.29 is 23.8 Å². The summed E-state index contributed by atoms with van der Waals surface area (Å²) in [5.74, 6) is 0.245. The zero-order valence-electron chi connectivity index (χ0n) is 14.7. The van der Waals surface area contributed by atoms with Crippen LogP contribution < -0.4 is 14.8 Å². The number of carbonyl (C=O) groups is 2. The lowest BCUT2D eigenvalue weighted by Gasteiger charge is -2.18. The summed E-state index contributed by atoms with van der Waals surface area (Å²) in [5, 5.41) is 2.97. The van der Waals surface area contributed by atoms with Gasteiger partial charge in [-0.2, -0.15) is 0 Å². The second-order valence-electron chi connectivity index (χ2n) is 5.37. The maximum Gasteiger partial charge on any atom is 0.339 e. The van der Waals surface area contributed by atoms with Gasteiger partial charge in [0.2, 0.25) is 0 Å². The third-order valence-corrected chi connectivity index (χ3v) is 3.95. The molecule has 0 aromatic heterocycles. The van der Waals surface area contributed by atoms with E-state index in [9.17, 15) is 9.59 Å². The van der Waals surface area contributed by atoms with Crippen LogP contribution in [0.15, 0.2) is 42.5 Å². The van der Waals surface area contributed by atoms with E-state index < -0.39 is 12.1 Å². The van der Waals surface area contributed by atoms with Crippen molar-refractivity contribution in [1.82, 2.24) is 0 Å². The maximum absolute atomic E-state index is 12.5. The van der Waals surface area contributed by atoms with E-state index in [1.54, 1.807) is 37.4 Å². The Hall–Kier alpha value is -2.73. The summed E-state index contributed by atoms with van der Waals surface area (Å²) in [6, 6.07) is 11.6. The molecule has 0 fully saturated rings. The first-order valence-corrected chi connectivity index (χ1v) is 8.35. The zero-order valence-corrected chi connectivity index (χ0v) is 15.5. The predicted octanol–water partition coefficient (Wildman–Crippen LogP) is 3.93. The van der Waals surface area contributed by atoms with Crippen LogP contribution in [0, 0.1) is 0 Å². The lowest BCUT2D eigenvalue weighted by Crippen LogP contribution is -2.32. The van der Waals surface area contributed by atoms with Gasteiger partial charge in [0, 0.05) is 11.8 Å².